The van der Waals surface area contributed by atoms with Gasteiger partial charge >= 0.3 is 11.7 Å². The molecule has 3 aromatic rings. The van der Waals surface area contributed by atoms with Crippen LogP contribution in [0.1, 0.15) is 30.8 Å². The van der Waals surface area contributed by atoms with E-state index in [1.54, 1.807) is 11.1 Å². The molecular formula is C21H24FN5O4. The fraction of sp³-hybridized carbons (Fsp3) is 0.333. The minimum Gasteiger partial charge on any atom is -0.351 e. The molecule has 10 heteroatoms. The van der Waals surface area contributed by atoms with Crippen LogP contribution in [0.3, 0.4) is 0 Å². The SMILES string of the molecule is CC(C)C[C@H](CNC(=O)c1cc2ccccc2[nH]1)CNC(=O)n1cc(F)c(=O)[nH]c1=O. The highest BCUT2D eigenvalue weighted by Gasteiger charge is 2.17. The lowest BCUT2D eigenvalue weighted by atomic mass is 9.97. The molecule has 4 N–H and O–H groups in total. The average molecular weight is 429 g/mol. The van der Waals surface area contributed by atoms with Crippen LogP contribution in [0.5, 0.6) is 0 Å². The molecule has 0 unspecified atom stereocenters. The van der Waals surface area contributed by atoms with Gasteiger partial charge < -0.3 is 15.6 Å². The second-order valence-electron chi connectivity index (χ2n) is 7.77. The van der Waals surface area contributed by atoms with Gasteiger partial charge in [-0.25, -0.2) is 14.2 Å². The number of para-hydroxylation sites is 1. The Kier molecular flexibility index (Phi) is 6.68. The van der Waals surface area contributed by atoms with Crippen LogP contribution in [0.2, 0.25) is 0 Å². The first-order valence-electron chi connectivity index (χ1n) is 9.90. The van der Waals surface area contributed by atoms with Crippen molar-refractivity contribution in [2.75, 3.05) is 13.1 Å². The van der Waals surface area contributed by atoms with Gasteiger partial charge in [0.15, 0.2) is 0 Å². The monoisotopic (exact) mass is 429 g/mol. The smallest absolute Gasteiger partial charge is 0.336 e. The van der Waals surface area contributed by atoms with E-state index in [9.17, 15) is 23.6 Å². The first-order chi connectivity index (χ1) is 14.7. The summed E-state index contributed by atoms with van der Waals surface area (Å²) in [5.41, 5.74) is -0.927. The van der Waals surface area contributed by atoms with Crippen molar-refractivity contribution in [3.05, 3.63) is 68.9 Å². The van der Waals surface area contributed by atoms with Crippen LogP contribution in [0.15, 0.2) is 46.1 Å². The first-order valence-corrected chi connectivity index (χ1v) is 9.90. The molecule has 2 heterocycles. The fourth-order valence-corrected chi connectivity index (χ4v) is 3.35. The van der Waals surface area contributed by atoms with E-state index >= 15 is 0 Å². The van der Waals surface area contributed by atoms with Crippen molar-refractivity contribution in [1.82, 2.24) is 25.2 Å². The van der Waals surface area contributed by atoms with Gasteiger partial charge in [-0.1, -0.05) is 32.0 Å². The van der Waals surface area contributed by atoms with E-state index in [0.717, 1.165) is 10.9 Å². The molecule has 0 spiro atoms. The van der Waals surface area contributed by atoms with E-state index in [0.29, 0.717) is 35.3 Å². The van der Waals surface area contributed by atoms with E-state index in [4.69, 9.17) is 0 Å². The Hall–Kier alpha value is -3.69. The summed E-state index contributed by atoms with van der Waals surface area (Å²) in [6, 6.07) is 8.45. The summed E-state index contributed by atoms with van der Waals surface area (Å²) in [6.07, 6.45) is 1.24. The maximum absolute atomic E-state index is 13.4. The second-order valence-corrected chi connectivity index (χ2v) is 7.77. The van der Waals surface area contributed by atoms with E-state index < -0.39 is 23.1 Å². The molecule has 0 aliphatic rings. The number of carbonyl (C=O) groups is 2. The molecule has 3 rings (SSSR count). The van der Waals surface area contributed by atoms with Crippen molar-refractivity contribution in [1.29, 1.82) is 0 Å². The Balaban J connectivity index is 1.63. The van der Waals surface area contributed by atoms with Crippen LogP contribution < -0.4 is 21.9 Å². The van der Waals surface area contributed by atoms with E-state index in [1.165, 1.54) is 0 Å². The highest BCUT2D eigenvalue weighted by molar-refractivity contribution is 5.97. The summed E-state index contributed by atoms with van der Waals surface area (Å²) in [4.78, 5) is 52.4. The summed E-state index contributed by atoms with van der Waals surface area (Å²) in [5, 5.41) is 6.34. The molecule has 0 saturated carbocycles. The van der Waals surface area contributed by atoms with Crippen LogP contribution in [-0.2, 0) is 0 Å². The third-order valence-corrected chi connectivity index (χ3v) is 4.79. The number of benzene rings is 1. The zero-order valence-electron chi connectivity index (χ0n) is 17.2. The van der Waals surface area contributed by atoms with E-state index in [-0.39, 0.29) is 18.4 Å². The van der Waals surface area contributed by atoms with Gasteiger partial charge in [-0.15, -0.1) is 0 Å². The molecule has 9 nitrogen and oxygen atoms in total. The van der Waals surface area contributed by atoms with Crippen molar-refractivity contribution in [2.45, 2.75) is 20.3 Å². The average Bonchev–Trinajstić information content (AvgIpc) is 3.16. The number of aromatic nitrogens is 3. The second kappa shape index (κ2) is 9.41. The van der Waals surface area contributed by atoms with E-state index in [2.05, 4.69) is 15.6 Å². The molecule has 0 aliphatic carbocycles. The molecule has 0 aliphatic heterocycles. The number of halogens is 1. The predicted molar refractivity (Wildman–Crippen MR) is 114 cm³/mol. The van der Waals surface area contributed by atoms with Gasteiger partial charge in [0.2, 0.25) is 5.82 Å². The standard InChI is InChI=1S/C21H24FN5O4/c1-12(2)7-13(10-24-20(30)27-11-15(22)18(28)26-21(27)31)9-23-19(29)17-8-14-5-3-4-6-16(14)25-17/h3-6,8,11-13,25H,7,9-10H2,1-2H3,(H,23,29)(H,24,30)(H,26,28,31)/t13-/m1/s1. The number of amides is 2. The highest BCUT2D eigenvalue weighted by atomic mass is 19.1. The lowest BCUT2D eigenvalue weighted by molar-refractivity contribution is 0.0941. The summed E-state index contributed by atoms with van der Waals surface area (Å²) in [7, 11) is 0. The number of hydrogen-bond donors (Lipinski definition) is 4. The van der Waals surface area contributed by atoms with Crippen LogP contribution in [-0.4, -0.2) is 39.6 Å². The first kappa shape index (κ1) is 22.0. The Bertz CT molecular complexity index is 1180. The number of carbonyl (C=O) groups excluding carboxylic acids is 2. The van der Waals surface area contributed by atoms with Crippen molar-refractivity contribution in [2.24, 2.45) is 11.8 Å². The number of nitrogens with one attached hydrogen (secondary N) is 4. The number of H-pyrrole nitrogens is 2. The Morgan fingerprint density at radius 2 is 1.81 bits per heavy atom. The highest BCUT2D eigenvalue weighted by Crippen LogP contribution is 2.15. The Morgan fingerprint density at radius 3 is 2.52 bits per heavy atom. The topological polar surface area (TPSA) is 129 Å². The maximum Gasteiger partial charge on any atom is 0.336 e. The number of aromatic amines is 2. The van der Waals surface area contributed by atoms with Gasteiger partial charge in [-0.05, 0) is 30.4 Å². The number of nitrogens with zero attached hydrogens (tertiary/aromatic N) is 1. The third-order valence-electron chi connectivity index (χ3n) is 4.79. The van der Waals surface area contributed by atoms with Gasteiger partial charge in [0.05, 0.1) is 6.20 Å². The van der Waals surface area contributed by atoms with Crippen molar-refractivity contribution in [3.63, 3.8) is 0 Å². The van der Waals surface area contributed by atoms with Crippen LogP contribution in [0, 0.1) is 17.7 Å². The molecule has 0 bridgehead atoms. The number of rotatable bonds is 7. The zero-order chi connectivity index (χ0) is 22.5. The summed E-state index contributed by atoms with van der Waals surface area (Å²) in [5.74, 6) is -1.34. The normalized spacial score (nSPS) is 12.1. The lowest BCUT2D eigenvalue weighted by Gasteiger charge is -2.20. The van der Waals surface area contributed by atoms with Gasteiger partial charge in [-0.3, -0.25) is 14.6 Å². The minimum atomic E-state index is -1.24. The zero-order valence-corrected chi connectivity index (χ0v) is 17.2. The maximum atomic E-state index is 13.4. The molecule has 164 valence electrons. The van der Waals surface area contributed by atoms with Gasteiger partial charge in [-0.2, -0.15) is 4.39 Å². The number of fused-ring (bicyclic) bond motifs is 1. The molecular weight excluding hydrogens is 405 g/mol. The summed E-state index contributed by atoms with van der Waals surface area (Å²) in [6.45, 7) is 4.46. The largest absolute Gasteiger partial charge is 0.351 e. The molecule has 1 aromatic carbocycles. The van der Waals surface area contributed by atoms with Crippen LogP contribution in [0.25, 0.3) is 10.9 Å². The summed E-state index contributed by atoms with van der Waals surface area (Å²) < 4.78 is 13.9. The number of hydrogen-bond acceptors (Lipinski definition) is 4. The molecule has 2 amide bonds. The molecule has 0 saturated heterocycles. The molecule has 2 aromatic heterocycles. The van der Waals surface area contributed by atoms with Crippen LogP contribution >= 0.6 is 0 Å². The summed E-state index contributed by atoms with van der Waals surface area (Å²) >= 11 is 0. The fourth-order valence-electron chi connectivity index (χ4n) is 3.35. The van der Waals surface area contributed by atoms with Gasteiger partial charge in [0.1, 0.15) is 5.69 Å². The van der Waals surface area contributed by atoms with Crippen molar-refractivity contribution >= 4 is 22.8 Å². The Labute approximate surface area is 176 Å². The quantitative estimate of drug-likeness (QED) is 0.456. The third kappa shape index (κ3) is 5.47. The van der Waals surface area contributed by atoms with Crippen molar-refractivity contribution in [3.8, 4) is 0 Å². The lowest BCUT2D eigenvalue weighted by Crippen LogP contribution is -2.43. The minimum absolute atomic E-state index is 0.124. The molecule has 1 atom stereocenters. The van der Waals surface area contributed by atoms with Crippen molar-refractivity contribution < 1.29 is 14.0 Å². The van der Waals surface area contributed by atoms with E-state index in [1.807, 2.05) is 38.1 Å². The van der Waals surface area contributed by atoms with Crippen LogP contribution in [0.4, 0.5) is 9.18 Å². The predicted octanol–water partition coefficient (Wildman–Crippen LogP) is 1.81. The molecule has 31 heavy (non-hydrogen) atoms. The molecule has 0 fully saturated rings. The van der Waals surface area contributed by atoms with Gasteiger partial charge in [0, 0.05) is 24.0 Å². The molecule has 0 radical (unpaired) electrons. The van der Waals surface area contributed by atoms with Gasteiger partial charge in [0.25, 0.3) is 11.5 Å². The Morgan fingerprint density at radius 1 is 1.10 bits per heavy atom.